The Kier molecular flexibility index (Phi) is 3.90. The van der Waals surface area contributed by atoms with Gasteiger partial charge in [0.25, 0.3) is 15.7 Å². The predicted molar refractivity (Wildman–Crippen MR) is 89.7 cm³/mol. The molecular weight excluding hydrogens is 356 g/mol. The van der Waals surface area contributed by atoms with Crippen molar-refractivity contribution < 1.29 is 13.3 Å². The Morgan fingerprint density at radius 1 is 1.33 bits per heavy atom. The minimum absolute atomic E-state index is 0.00400. The molecule has 0 fully saturated rings. The van der Waals surface area contributed by atoms with Crippen LogP contribution in [0.3, 0.4) is 0 Å². The number of hydrogen-bond acceptors (Lipinski definition) is 5. The number of nitro benzene ring substituents is 1. The van der Waals surface area contributed by atoms with E-state index in [0.717, 1.165) is 11.5 Å². The molecule has 1 aromatic heterocycles. The van der Waals surface area contributed by atoms with E-state index in [1.165, 1.54) is 13.0 Å². The highest BCUT2D eigenvalue weighted by molar-refractivity contribution is 7.92. The fraction of sp³-hybridized carbons (Fsp3) is 0.0714. The summed E-state index contributed by atoms with van der Waals surface area (Å²) in [6, 6.07) is 7.16. The molecule has 0 spiro atoms. The lowest BCUT2D eigenvalue weighted by molar-refractivity contribution is -0.385. The molecule has 0 radical (unpaired) electrons. The highest BCUT2D eigenvalue weighted by Crippen LogP contribution is 2.31. The molecule has 0 bridgehead atoms. The van der Waals surface area contributed by atoms with E-state index in [1.807, 2.05) is 0 Å². The standard InChI is InChI=1S/C14H11ClN4O4S/c1-8-11(15)5-10(6-13(8)19(20)21)24(22,23)18-12-4-2-3-9-7-16-17-14(9)12/h2-7,18H,1H3,(H,16,17). The van der Waals surface area contributed by atoms with Crippen molar-refractivity contribution in [2.45, 2.75) is 11.8 Å². The maximum atomic E-state index is 12.6. The second-order valence-electron chi connectivity index (χ2n) is 5.05. The number of hydrogen-bond donors (Lipinski definition) is 2. The van der Waals surface area contributed by atoms with E-state index in [-0.39, 0.29) is 26.9 Å². The first-order valence-corrected chi connectivity index (χ1v) is 8.55. The van der Waals surface area contributed by atoms with Crippen molar-refractivity contribution in [1.29, 1.82) is 0 Å². The number of sulfonamides is 1. The quantitative estimate of drug-likeness (QED) is 0.542. The smallest absolute Gasteiger partial charge is 0.275 e. The molecule has 2 N–H and O–H groups in total. The van der Waals surface area contributed by atoms with Gasteiger partial charge in [0.2, 0.25) is 0 Å². The Bertz CT molecular complexity index is 1060. The van der Waals surface area contributed by atoms with Gasteiger partial charge in [-0.2, -0.15) is 5.10 Å². The van der Waals surface area contributed by atoms with Crippen LogP contribution in [0.15, 0.2) is 41.4 Å². The molecule has 3 rings (SSSR count). The minimum atomic E-state index is -4.06. The molecule has 0 unspecified atom stereocenters. The topological polar surface area (TPSA) is 118 Å². The molecule has 0 saturated carbocycles. The molecule has 0 saturated heterocycles. The minimum Gasteiger partial charge on any atom is -0.277 e. The third-order valence-electron chi connectivity index (χ3n) is 3.52. The van der Waals surface area contributed by atoms with Crippen LogP contribution >= 0.6 is 11.6 Å². The normalized spacial score (nSPS) is 11.6. The van der Waals surface area contributed by atoms with Crippen molar-refractivity contribution in [2.75, 3.05) is 4.72 Å². The van der Waals surface area contributed by atoms with Crippen molar-refractivity contribution in [3.8, 4) is 0 Å². The maximum Gasteiger partial charge on any atom is 0.275 e. The molecule has 0 aliphatic heterocycles. The van der Waals surface area contributed by atoms with Crippen molar-refractivity contribution in [3.05, 3.63) is 57.2 Å². The summed E-state index contributed by atoms with van der Waals surface area (Å²) >= 11 is 5.94. The van der Waals surface area contributed by atoms with Crippen LogP contribution in [0.1, 0.15) is 5.56 Å². The third kappa shape index (κ3) is 2.79. The van der Waals surface area contributed by atoms with Gasteiger partial charge in [0.15, 0.2) is 0 Å². The molecular formula is C14H11ClN4O4S. The Balaban J connectivity index is 2.08. The summed E-state index contributed by atoms with van der Waals surface area (Å²) in [4.78, 5) is 10.1. The number of nitro groups is 1. The van der Waals surface area contributed by atoms with Crippen LogP contribution in [-0.4, -0.2) is 23.5 Å². The summed E-state index contributed by atoms with van der Waals surface area (Å²) in [5.74, 6) is 0. The fourth-order valence-corrected chi connectivity index (χ4v) is 3.64. The van der Waals surface area contributed by atoms with Crippen LogP contribution < -0.4 is 4.72 Å². The summed E-state index contributed by atoms with van der Waals surface area (Å²) < 4.78 is 27.6. The summed E-state index contributed by atoms with van der Waals surface area (Å²) in [7, 11) is -4.06. The molecule has 0 amide bonds. The average molecular weight is 367 g/mol. The lowest BCUT2D eigenvalue weighted by Crippen LogP contribution is -2.14. The lowest BCUT2D eigenvalue weighted by atomic mass is 10.2. The first-order valence-electron chi connectivity index (χ1n) is 6.69. The van der Waals surface area contributed by atoms with Crippen LogP contribution in [0.5, 0.6) is 0 Å². The SMILES string of the molecule is Cc1c(Cl)cc(S(=O)(=O)Nc2cccc3cn[nH]c23)cc1[N+](=O)[O-]. The van der Waals surface area contributed by atoms with Crippen LogP contribution in [-0.2, 0) is 10.0 Å². The van der Waals surface area contributed by atoms with Gasteiger partial charge in [-0.1, -0.05) is 23.7 Å². The van der Waals surface area contributed by atoms with Gasteiger partial charge in [-0.3, -0.25) is 19.9 Å². The van der Waals surface area contributed by atoms with Gasteiger partial charge in [-0.25, -0.2) is 8.42 Å². The van der Waals surface area contributed by atoms with Crippen LogP contribution in [0.2, 0.25) is 5.02 Å². The van der Waals surface area contributed by atoms with Crippen molar-refractivity contribution in [2.24, 2.45) is 0 Å². The highest BCUT2D eigenvalue weighted by atomic mass is 35.5. The number of aromatic nitrogens is 2. The Labute approximate surface area is 141 Å². The number of H-pyrrole nitrogens is 1. The average Bonchev–Trinajstić information content (AvgIpc) is 2.98. The van der Waals surface area contributed by atoms with E-state index in [0.29, 0.717) is 5.52 Å². The van der Waals surface area contributed by atoms with E-state index >= 15 is 0 Å². The fourth-order valence-electron chi connectivity index (χ4n) is 2.24. The van der Waals surface area contributed by atoms with Gasteiger partial charge in [0, 0.05) is 17.0 Å². The van der Waals surface area contributed by atoms with Gasteiger partial charge in [-0.05, 0) is 19.1 Å². The van der Waals surface area contributed by atoms with E-state index in [4.69, 9.17) is 11.6 Å². The van der Waals surface area contributed by atoms with Gasteiger partial charge in [-0.15, -0.1) is 0 Å². The van der Waals surface area contributed by atoms with Crippen LogP contribution in [0.4, 0.5) is 11.4 Å². The number of halogens is 1. The van der Waals surface area contributed by atoms with Gasteiger partial charge in [0.1, 0.15) is 0 Å². The number of aromatic amines is 1. The van der Waals surface area contributed by atoms with E-state index in [9.17, 15) is 18.5 Å². The zero-order valence-corrected chi connectivity index (χ0v) is 13.9. The molecule has 124 valence electrons. The predicted octanol–water partition coefficient (Wildman–Crippen LogP) is 3.23. The van der Waals surface area contributed by atoms with Crippen LogP contribution in [0, 0.1) is 17.0 Å². The third-order valence-corrected chi connectivity index (χ3v) is 5.26. The largest absolute Gasteiger partial charge is 0.277 e. The highest BCUT2D eigenvalue weighted by Gasteiger charge is 2.23. The number of nitrogens with zero attached hydrogens (tertiary/aromatic N) is 2. The number of para-hydroxylation sites is 1. The van der Waals surface area contributed by atoms with E-state index in [2.05, 4.69) is 14.9 Å². The number of benzene rings is 2. The number of nitrogens with one attached hydrogen (secondary N) is 2. The van der Waals surface area contributed by atoms with Gasteiger partial charge < -0.3 is 0 Å². The molecule has 2 aromatic carbocycles. The number of rotatable bonds is 4. The monoisotopic (exact) mass is 366 g/mol. The van der Waals surface area contributed by atoms with Crippen molar-refractivity contribution in [3.63, 3.8) is 0 Å². The lowest BCUT2D eigenvalue weighted by Gasteiger charge is -2.10. The molecule has 3 aromatic rings. The molecule has 1 heterocycles. The zero-order valence-electron chi connectivity index (χ0n) is 12.3. The summed E-state index contributed by atoms with van der Waals surface area (Å²) in [6.45, 7) is 1.45. The zero-order chi connectivity index (χ0) is 17.5. The van der Waals surface area contributed by atoms with E-state index < -0.39 is 14.9 Å². The van der Waals surface area contributed by atoms with Crippen molar-refractivity contribution in [1.82, 2.24) is 10.2 Å². The molecule has 10 heteroatoms. The molecule has 0 aliphatic carbocycles. The summed E-state index contributed by atoms with van der Waals surface area (Å²) in [6.07, 6.45) is 1.56. The van der Waals surface area contributed by atoms with Gasteiger partial charge >= 0.3 is 0 Å². The van der Waals surface area contributed by atoms with E-state index in [1.54, 1.807) is 24.4 Å². The Hall–Kier alpha value is -2.65. The summed E-state index contributed by atoms with van der Waals surface area (Å²) in [5, 5.41) is 18.4. The molecule has 0 aliphatic rings. The van der Waals surface area contributed by atoms with Gasteiger partial charge in [0.05, 0.1) is 32.2 Å². The van der Waals surface area contributed by atoms with Crippen molar-refractivity contribution >= 4 is 43.9 Å². The first kappa shape index (κ1) is 16.2. The Morgan fingerprint density at radius 2 is 2.08 bits per heavy atom. The molecule has 24 heavy (non-hydrogen) atoms. The molecule has 8 nitrogen and oxygen atoms in total. The number of fused-ring (bicyclic) bond motifs is 1. The first-order chi connectivity index (χ1) is 11.3. The molecule has 0 atom stereocenters. The van der Waals surface area contributed by atoms with Crippen LogP contribution in [0.25, 0.3) is 10.9 Å². The second-order valence-corrected chi connectivity index (χ2v) is 7.14. The Morgan fingerprint density at radius 3 is 2.79 bits per heavy atom. The summed E-state index contributed by atoms with van der Waals surface area (Å²) in [5.41, 5.74) is 0.636. The second kappa shape index (κ2) is 5.77. The number of anilines is 1. The maximum absolute atomic E-state index is 12.6.